The van der Waals surface area contributed by atoms with E-state index in [1.54, 1.807) is 0 Å². The SMILES string of the molecule is CCc1ccc(CC(NC)c2ccccc2CC)s1. The molecule has 1 N–H and O–H groups in total. The van der Waals surface area contributed by atoms with E-state index in [4.69, 9.17) is 0 Å². The van der Waals surface area contributed by atoms with Crippen LogP contribution in [0.1, 0.15) is 40.8 Å². The molecular weight excluding hydrogens is 250 g/mol. The fourth-order valence-electron chi connectivity index (χ4n) is 2.49. The predicted molar refractivity (Wildman–Crippen MR) is 85.0 cm³/mol. The number of thiophene rings is 1. The number of nitrogens with one attached hydrogen (secondary N) is 1. The molecule has 0 spiro atoms. The summed E-state index contributed by atoms with van der Waals surface area (Å²) in [5, 5.41) is 3.48. The van der Waals surface area contributed by atoms with Crippen molar-refractivity contribution in [1.29, 1.82) is 0 Å². The van der Waals surface area contributed by atoms with Crippen LogP contribution in [0.15, 0.2) is 36.4 Å². The lowest BCUT2D eigenvalue weighted by molar-refractivity contribution is 0.591. The first-order valence-electron chi connectivity index (χ1n) is 7.11. The monoisotopic (exact) mass is 273 g/mol. The van der Waals surface area contributed by atoms with Gasteiger partial charge in [0.25, 0.3) is 0 Å². The minimum atomic E-state index is 0.416. The van der Waals surface area contributed by atoms with Crippen LogP contribution in [0.4, 0.5) is 0 Å². The van der Waals surface area contributed by atoms with Crippen molar-refractivity contribution in [3.05, 3.63) is 57.3 Å². The number of likely N-dealkylation sites (N-methyl/N-ethyl adjacent to an activating group) is 1. The van der Waals surface area contributed by atoms with Gasteiger partial charge in [-0.1, -0.05) is 38.1 Å². The normalized spacial score (nSPS) is 12.6. The summed E-state index contributed by atoms with van der Waals surface area (Å²) in [6, 6.07) is 13.7. The first-order valence-corrected chi connectivity index (χ1v) is 7.92. The lowest BCUT2D eigenvalue weighted by atomic mass is 9.96. The van der Waals surface area contributed by atoms with Gasteiger partial charge >= 0.3 is 0 Å². The van der Waals surface area contributed by atoms with Crippen LogP contribution in [-0.4, -0.2) is 7.05 Å². The number of benzene rings is 1. The fourth-order valence-corrected chi connectivity index (χ4v) is 3.49. The highest BCUT2D eigenvalue weighted by atomic mass is 32.1. The van der Waals surface area contributed by atoms with Gasteiger partial charge in [-0.25, -0.2) is 0 Å². The molecule has 0 fully saturated rings. The Morgan fingerprint density at radius 1 is 1.00 bits per heavy atom. The van der Waals surface area contributed by atoms with E-state index in [0.717, 1.165) is 19.3 Å². The first-order chi connectivity index (χ1) is 9.28. The summed E-state index contributed by atoms with van der Waals surface area (Å²) < 4.78 is 0. The van der Waals surface area contributed by atoms with Gasteiger partial charge in [0.1, 0.15) is 0 Å². The summed E-state index contributed by atoms with van der Waals surface area (Å²) in [4.78, 5) is 2.95. The topological polar surface area (TPSA) is 12.0 Å². The second-order valence-electron chi connectivity index (χ2n) is 4.82. The van der Waals surface area contributed by atoms with Crippen molar-refractivity contribution in [3.8, 4) is 0 Å². The lowest BCUT2D eigenvalue weighted by Crippen LogP contribution is -2.19. The zero-order valence-corrected chi connectivity index (χ0v) is 12.9. The highest BCUT2D eigenvalue weighted by Gasteiger charge is 2.14. The summed E-state index contributed by atoms with van der Waals surface area (Å²) in [5.41, 5.74) is 2.90. The Labute approximate surface area is 120 Å². The van der Waals surface area contributed by atoms with E-state index in [2.05, 4.69) is 62.6 Å². The first kappa shape index (κ1) is 14.3. The maximum Gasteiger partial charge on any atom is 0.0369 e. The van der Waals surface area contributed by atoms with Crippen molar-refractivity contribution in [3.63, 3.8) is 0 Å². The van der Waals surface area contributed by atoms with Crippen LogP contribution in [0.3, 0.4) is 0 Å². The van der Waals surface area contributed by atoms with Crippen LogP contribution in [0.25, 0.3) is 0 Å². The van der Waals surface area contributed by atoms with Crippen LogP contribution < -0.4 is 5.32 Å². The summed E-state index contributed by atoms with van der Waals surface area (Å²) in [6.45, 7) is 4.45. The van der Waals surface area contributed by atoms with E-state index in [9.17, 15) is 0 Å². The zero-order valence-electron chi connectivity index (χ0n) is 12.1. The van der Waals surface area contributed by atoms with Gasteiger partial charge in [0, 0.05) is 22.2 Å². The van der Waals surface area contributed by atoms with E-state index < -0.39 is 0 Å². The third-order valence-corrected chi connectivity index (χ3v) is 4.88. The largest absolute Gasteiger partial charge is 0.313 e. The van der Waals surface area contributed by atoms with Gasteiger partial charge in [-0.2, -0.15) is 0 Å². The summed E-state index contributed by atoms with van der Waals surface area (Å²) in [7, 11) is 2.06. The van der Waals surface area contributed by atoms with E-state index in [-0.39, 0.29) is 0 Å². The predicted octanol–water partition coefficient (Wildman–Crippen LogP) is 4.38. The Morgan fingerprint density at radius 3 is 2.37 bits per heavy atom. The summed E-state index contributed by atoms with van der Waals surface area (Å²) in [5.74, 6) is 0. The molecule has 2 rings (SSSR count). The minimum absolute atomic E-state index is 0.416. The van der Waals surface area contributed by atoms with Gasteiger partial charge in [-0.15, -0.1) is 11.3 Å². The average Bonchev–Trinajstić information content (AvgIpc) is 2.92. The van der Waals surface area contributed by atoms with Gasteiger partial charge in [0.05, 0.1) is 0 Å². The smallest absolute Gasteiger partial charge is 0.0369 e. The molecule has 1 aromatic heterocycles. The second kappa shape index (κ2) is 6.88. The Morgan fingerprint density at radius 2 is 1.74 bits per heavy atom. The van der Waals surface area contributed by atoms with Crippen molar-refractivity contribution < 1.29 is 0 Å². The average molecular weight is 273 g/mol. The van der Waals surface area contributed by atoms with Gasteiger partial charge < -0.3 is 5.32 Å². The Balaban J connectivity index is 2.19. The van der Waals surface area contributed by atoms with E-state index >= 15 is 0 Å². The molecule has 0 saturated heterocycles. The molecule has 1 aromatic carbocycles. The van der Waals surface area contributed by atoms with Crippen molar-refractivity contribution in [1.82, 2.24) is 5.32 Å². The Hall–Kier alpha value is -1.12. The molecule has 1 heterocycles. The molecule has 2 heteroatoms. The fraction of sp³-hybridized carbons (Fsp3) is 0.412. The molecule has 2 aromatic rings. The van der Waals surface area contributed by atoms with Crippen LogP contribution >= 0.6 is 11.3 Å². The molecule has 1 atom stereocenters. The standard InChI is InChI=1S/C17H23NS/c1-4-13-8-6-7-9-16(13)17(18-3)12-15-11-10-14(5-2)19-15/h6-11,17-18H,4-5,12H2,1-3H3. The lowest BCUT2D eigenvalue weighted by Gasteiger charge is -2.19. The van der Waals surface area contributed by atoms with Crippen molar-refractivity contribution >= 4 is 11.3 Å². The van der Waals surface area contributed by atoms with Crippen molar-refractivity contribution in [2.24, 2.45) is 0 Å². The van der Waals surface area contributed by atoms with Crippen molar-refractivity contribution in [2.45, 2.75) is 39.2 Å². The molecule has 0 aliphatic rings. The molecule has 1 nitrogen and oxygen atoms in total. The maximum absolute atomic E-state index is 3.48. The molecule has 0 bridgehead atoms. The number of rotatable bonds is 6. The van der Waals surface area contributed by atoms with Crippen molar-refractivity contribution in [2.75, 3.05) is 7.05 Å². The number of hydrogen-bond acceptors (Lipinski definition) is 2. The third kappa shape index (κ3) is 3.46. The highest BCUT2D eigenvalue weighted by Crippen LogP contribution is 2.26. The number of hydrogen-bond donors (Lipinski definition) is 1. The number of aryl methyl sites for hydroxylation is 2. The van der Waals surface area contributed by atoms with E-state index in [1.807, 2.05) is 11.3 Å². The summed E-state index contributed by atoms with van der Waals surface area (Å²) in [6.07, 6.45) is 3.32. The second-order valence-corrected chi connectivity index (χ2v) is 6.07. The van der Waals surface area contributed by atoms with Crippen LogP contribution in [0, 0.1) is 0 Å². The van der Waals surface area contributed by atoms with E-state index in [0.29, 0.717) is 6.04 Å². The van der Waals surface area contributed by atoms with Gasteiger partial charge in [-0.3, -0.25) is 0 Å². The Bertz CT molecular complexity index is 515. The van der Waals surface area contributed by atoms with Crippen LogP contribution in [0.2, 0.25) is 0 Å². The Kier molecular flexibility index (Phi) is 5.17. The molecule has 0 aliphatic heterocycles. The van der Waals surface area contributed by atoms with E-state index in [1.165, 1.54) is 20.9 Å². The molecular formula is C17H23NS. The molecule has 0 saturated carbocycles. The molecule has 0 amide bonds. The minimum Gasteiger partial charge on any atom is -0.313 e. The van der Waals surface area contributed by atoms with Gasteiger partial charge in [0.15, 0.2) is 0 Å². The van der Waals surface area contributed by atoms with Crippen LogP contribution in [-0.2, 0) is 19.3 Å². The molecule has 102 valence electrons. The van der Waals surface area contributed by atoms with Gasteiger partial charge in [0.2, 0.25) is 0 Å². The highest BCUT2D eigenvalue weighted by molar-refractivity contribution is 7.11. The molecule has 0 aliphatic carbocycles. The molecule has 1 unspecified atom stereocenters. The maximum atomic E-state index is 3.48. The zero-order chi connectivity index (χ0) is 13.7. The third-order valence-electron chi connectivity index (χ3n) is 3.63. The van der Waals surface area contributed by atoms with Gasteiger partial charge in [-0.05, 0) is 43.1 Å². The molecule has 19 heavy (non-hydrogen) atoms. The van der Waals surface area contributed by atoms with Crippen LogP contribution in [0.5, 0.6) is 0 Å². The molecule has 0 radical (unpaired) electrons. The quantitative estimate of drug-likeness (QED) is 0.824. The summed E-state index contributed by atoms with van der Waals surface area (Å²) >= 11 is 1.94.